The maximum Gasteiger partial charge on any atom is 0.299 e. The average molecular weight is 500 g/mol. The summed E-state index contributed by atoms with van der Waals surface area (Å²) >= 11 is 6.28. The monoisotopic (exact) mass is 499 g/mol. The Hall–Kier alpha value is -4.67. The fraction of sp³-hybridized carbons (Fsp3) is 0. The van der Waals surface area contributed by atoms with Crippen molar-refractivity contribution in [2.45, 2.75) is 0 Å². The molecule has 0 aliphatic heterocycles. The van der Waals surface area contributed by atoms with E-state index in [1.807, 2.05) is 54.6 Å². The van der Waals surface area contributed by atoms with E-state index in [-0.39, 0.29) is 0 Å². The van der Waals surface area contributed by atoms with Gasteiger partial charge in [-0.3, -0.25) is 0 Å². The van der Waals surface area contributed by atoms with Crippen molar-refractivity contribution in [1.29, 1.82) is 0 Å². The summed E-state index contributed by atoms with van der Waals surface area (Å²) in [7, 11) is 0. The number of anilines is 3. The van der Waals surface area contributed by atoms with Crippen LogP contribution in [0.25, 0.3) is 55.0 Å². The fourth-order valence-electron chi connectivity index (χ4n) is 5.29. The molecule has 0 aliphatic rings. The number of benzene rings is 5. The summed E-state index contributed by atoms with van der Waals surface area (Å²) in [6.45, 7) is 0. The van der Waals surface area contributed by atoms with Gasteiger partial charge in [0.05, 0.1) is 5.39 Å². The Morgan fingerprint density at radius 2 is 1.11 bits per heavy atom. The molecule has 5 heteroatoms. The number of para-hydroxylation sites is 2. The quantitative estimate of drug-likeness (QED) is 0.242. The van der Waals surface area contributed by atoms with Crippen molar-refractivity contribution < 1.29 is 13.3 Å². The molecule has 0 unspecified atom stereocenters. The summed E-state index contributed by atoms with van der Waals surface area (Å²) in [5, 5.41) is 5.75. The normalized spacial score (nSPS) is 11.9. The lowest BCUT2D eigenvalue weighted by Crippen LogP contribution is -2.09. The van der Waals surface area contributed by atoms with Crippen molar-refractivity contribution in [2.75, 3.05) is 4.90 Å². The highest BCUT2D eigenvalue weighted by Crippen LogP contribution is 2.42. The van der Waals surface area contributed by atoms with Crippen LogP contribution >= 0.6 is 11.6 Å². The lowest BCUT2D eigenvalue weighted by atomic mass is 10.1. The summed E-state index contributed by atoms with van der Waals surface area (Å²) in [5.41, 5.74) is 6.22. The summed E-state index contributed by atoms with van der Waals surface area (Å²) in [5.74, 6) is 0.499. The number of nitrogens with zero attached hydrogens (tertiary/aromatic N) is 1. The summed E-state index contributed by atoms with van der Waals surface area (Å²) in [4.78, 5) is 2.20. The van der Waals surface area contributed by atoms with Gasteiger partial charge in [-0.25, -0.2) is 0 Å². The van der Waals surface area contributed by atoms with Crippen molar-refractivity contribution in [2.24, 2.45) is 0 Å². The SMILES string of the molecule is Clc1ccc2oc3oc4cc(N(c5ccccc5)c5ccc6c(c5)oc5ccccc56)ccc4c3c2c1. The molecule has 8 rings (SSSR count). The second-order valence-corrected chi connectivity index (χ2v) is 9.57. The van der Waals surface area contributed by atoms with Crippen LogP contribution < -0.4 is 4.90 Å². The Morgan fingerprint density at radius 1 is 0.459 bits per heavy atom. The van der Waals surface area contributed by atoms with Gasteiger partial charge in [0.15, 0.2) is 0 Å². The zero-order valence-corrected chi connectivity index (χ0v) is 20.2. The van der Waals surface area contributed by atoms with Gasteiger partial charge in [0.2, 0.25) is 0 Å². The van der Waals surface area contributed by atoms with E-state index in [0.717, 1.165) is 66.3 Å². The van der Waals surface area contributed by atoms with Crippen LogP contribution in [0.4, 0.5) is 17.1 Å². The van der Waals surface area contributed by atoms with E-state index in [4.69, 9.17) is 24.9 Å². The first-order valence-electron chi connectivity index (χ1n) is 12.0. The van der Waals surface area contributed by atoms with Crippen LogP contribution in [0.3, 0.4) is 0 Å². The van der Waals surface area contributed by atoms with E-state index < -0.39 is 0 Å². The number of halogens is 1. The first-order chi connectivity index (χ1) is 18.2. The van der Waals surface area contributed by atoms with E-state index in [1.165, 1.54) is 0 Å². The van der Waals surface area contributed by atoms with Crippen LogP contribution in [-0.2, 0) is 0 Å². The minimum atomic E-state index is 0.499. The smallest absolute Gasteiger partial charge is 0.299 e. The third kappa shape index (κ3) is 3.09. The minimum Gasteiger partial charge on any atom is -0.456 e. The van der Waals surface area contributed by atoms with Gasteiger partial charge in [0.1, 0.15) is 22.3 Å². The predicted molar refractivity (Wildman–Crippen MR) is 150 cm³/mol. The first kappa shape index (κ1) is 20.5. The van der Waals surface area contributed by atoms with Gasteiger partial charge in [-0.1, -0.05) is 48.0 Å². The average Bonchev–Trinajstić information content (AvgIpc) is 3.58. The third-order valence-electron chi connectivity index (χ3n) is 6.95. The van der Waals surface area contributed by atoms with Crippen molar-refractivity contribution in [3.63, 3.8) is 0 Å². The highest BCUT2D eigenvalue weighted by Gasteiger charge is 2.20. The molecule has 176 valence electrons. The highest BCUT2D eigenvalue weighted by atomic mass is 35.5. The number of furan rings is 3. The number of fused-ring (bicyclic) bond motifs is 8. The molecule has 0 fully saturated rings. The Morgan fingerprint density at radius 3 is 1.95 bits per heavy atom. The lowest BCUT2D eigenvalue weighted by Gasteiger charge is -2.25. The molecular weight excluding hydrogens is 482 g/mol. The number of hydrogen-bond acceptors (Lipinski definition) is 4. The maximum absolute atomic E-state index is 6.28. The molecule has 0 atom stereocenters. The topological polar surface area (TPSA) is 42.7 Å². The van der Waals surface area contributed by atoms with Crippen LogP contribution in [0, 0.1) is 0 Å². The van der Waals surface area contributed by atoms with Crippen LogP contribution in [0.15, 0.2) is 122 Å². The Bertz CT molecular complexity index is 2120. The molecular formula is C32H18ClNO3. The zero-order chi connectivity index (χ0) is 24.5. The standard InChI is InChI=1S/C32H18ClNO3/c33-19-10-15-28-26(16-19)31-25-14-12-22(18-30(25)37-32(31)36-28)34(20-6-2-1-3-7-20)21-11-13-24-23-8-4-5-9-27(23)35-29(24)17-21/h1-18H. The molecule has 0 spiro atoms. The van der Waals surface area contributed by atoms with Gasteiger partial charge in [-0.2, -0.15) is 0 Å². The second-order valence-electron chi connectivity index (χ2n) is 9.14. The molecule has 8 aromatic rings. The summed E-state index contributed by atoms with van der Waals surface area (Å²) in [6.07, 6.45) is 0. The molecule has 0 saturated heterocycles. The summed E-state index contributed by atoms with van der Waals surface area (Å²) in [6, 6.07) is 36.6. The molecule has 5 aromatic carbocycles. The van der Waals surface area contributed by atoms with Crippen LogP contribution in [0.5, 0.6) is 0 Å². The Kier molecular flexibility index (Phi) is 4.25. The van der Waals surface area contributed by atoms with Crippen molar-refractivity contribution in [3.05, 3.63) is 114 Å². The van der Waals surface area contributed by atoms with Crippen LogP contribution in [0.2, 0.25) is 5.02 Å². The molecule has 0 N–H and O–H groups in total. The molecule has 0 bridgehead atoms. The fourth-order valence-corrected chi connectivity index (χ4v) is 5.47. The molecule has 3 aromatic heterocycles. The molecule has 37 heavy (non-hydrogen) atoms. The van der Waals surface area contributed by atoms with E-state index in [9.17, 15) is 0 Å². The minimum absolute atomic E-state index is 0.499. The van der Waals surface area contributed by atoms with E-state index in [1.54, 1.807) is 0 Å². The maximum atomic E-state index is 6.28. The first-order valence-corrected chi connectivity index (χ1v) is 12.4. The zero-order valence-electron chi connectivity index (χ0n) is 19.4. The molecule has 0 amide bonds. The molecule has 3 heterocycles. The van der Waals surface area contributed by atoms with Gasteiger partial charge >= 0.3 is 0 Å². The Balaban J connectivity index is 1.33. The number of rotatable bonds is 3. The largest absolute Gasteiger partial charge is 0.456 e. The molecule has 0 saturated carbocycles. The van der Waals surface area contributed by atoms with Gasteiger partial charge in [-0.15, -0.1) is 0 Å². The van der Waals surface area contributed by atoms with Crippen LogP contribution in [0.1, 0.15) is 0 Å². The molecule has 0 radical (unpaired) electrons. The van der Waals surface area contributed by atoms with Crippen molar-refractivity contribution >= 4 is 83.7 Å². The van der Waals surface area contributed by atoms with E-state index in [0.29, 0.717) is 10.8 Å². The van der Waals surface area contributed by atoms with Gasteiger partial charge in [-0.05, 0) is 60.7 Å². The van der Waals surface area contributed by atoms with Crippen molar-refractivity contribution in [1.82, 2.24) is 0 Å². The molecule has 0 aliphatic carbocycles. The third-order valence-corrected chi connectivity index (χ3v) is 7.18. The Labute approximate surface area is 215 Å². The lowest BCUT2D eigenvalue weighted by molar-refractivity contribution is 0.524. The van der Waals surface area contributed by atoms with Gasteiger partial charge < -0.3 is 18.2 Å². The van der Waals surface area contributed by atoms with Crippen molar-refractivity contribution in [3.8, 4) is 0 Å². The second kappa shape index (κ2) is 7.66. The predicted octanol–water partition coefficient (Wildman–Crippen LogP) is 10.4. The molecule has 4 nitrogen and oxygen atoms in total. The van der Waals surface area contributed by atoms with E-state index in [2.05, 4.69) is 59.5 Å². The van der Waals surface area contributed by atoms with Gasteiger partial charge in [0, 0.05) is 55.8 Å². The van der Waals surface area contributed by atoms with E-state index >= 15 is 0 Å². The summed E-state index contributed by atoms with van der Waals surface area (Å²) < 4.78 is 18.4. The van der Waals surface area contributed by atoms with Gasteiger partial charge in [0.25, 0.3) is 5.78 Å². The highest BCUT2D eigenvalue weighted by molar-refractivity contribution is 6.32. The van der Waals surface area contributed by atoms with Crippen LogP contribution in [-0.4, -0.2) is 0 Å². The number of hydrogen-bond donors (Lipinski definition) is 0.